The lowest BCUT2D eigenvalue weighted by atomic mass is 9.89. The molecule has 1 aromatic carbocycles. The lowest BCUT2D eigenvalue weighted by molar-refractivity contribution is -0.120. The highest BCUT2D eigenvalue weighted by atomic mass is 35.5. The number of alkyl halides is 1. The molecule has 0 saturated heterocycles. The Morgan fingerprint density at radius 3 is 2.31 bits per heavy atom. The van der Waals surface area contributed by atoms with Crippen LogP contribution >= 0.6 is 11.6 Å². The lowest BCUT2D eigenvalue weighted by Crippen LogP contribution is -2.16. The van der Waals surface area contributed by atoms with Crippen LogP contribution in [0.4, 0.5) is 0 Å². The molecular weight excluding hydrogens is 220 g/mol. The van der Waals surface area contributed by atoms with E-state index >= 15 is 0 Å². The van der Waals surface area contributed by atoms with Crippen LogP contribution in [0.1, 0.15) is 30.0 Å². The van der Waals surface area contributed by atoms with Crippen LogP contribution in [-0.4, -0.2) is 11.7 Å². The number of Topliss-reactive ketones (excluding diaryl/α,β-unsaturated/α-hetero) is 1. The van der Waals surface area contributed by atoms with Gasteiger partial charge in [-0.25, -0.2) is 0 Å². The molecule has 88 valence electrons. The van der Waals surface area contributed by atoms with Crippen molar-refractivity contribution < 1.29 is 4.79 Å². The topological polar surface area (TPSA) is 17.1 Å². The van der Waals surface area contributed by atoms with Gasteiger partial charge in [-0.05, 0) is 50.3 Å². The summed E-state index contributed by atoms with van der Waals surface area (Å²) in [5.41, 5.74) is 3.83. The molecule has 0 radical (unpaired) electrons. The van der Waals surface area contributed by atoms with Gasteiger partial charge in [-0.3, -0.25) is 4.79 Å². The molecule has 0 amide bonds. The van der Waals surface area contributed by atoms with E-state index in [0.29, 0.717) is 5.88 Å². The Labute approximate surface area is 103 Å². The first-order valence-electron chi connectivity index (χ1n) is 5.67. The highest BCUT2D eigenvalue weighted by Crippen LogP contribution is 2.20. The minimum Gasteiger partial charge on any atom is -0.300 e. The number of halogens is 1. The highest BCUT2D eigenvalue weighted by molar-refractivity contribution is 6.18. The zero-order valence-electron chi connectivity index (χ0n) is 10.2. The average Bonchev–Trinajstić information content (AvgIpc) is 2.21. The van der Waals surface area contributed by atoms with E-state index in [0.717, 1.165) is 12.8 Å². The smallest absolute Gasteiger partial charge is 0.133 e. The van der Waals surface area contributed by atoms with Gasteiger partial charge >= 0.3 is 0 Å². The van der Waals surface area contributed by atoms with Crippen LogP contribution in [0.25, 0.3) is 0 Å². The fourth-order valence-electron chi connectivity index (χ4n) is 2.00. The van der Waals surface area contributed by atoms with Gasteiger partial charge in [0.15, 0.2) is 0 Å². The number of carbonyl (C=O) groups excluding carboxylic acids is 1. The summed E-state index contributed by atoms with van der Waals surface area (Å²) in [6.45, 7) is 5.85. The second-order valence-corrected chi connectivity index (χ2v) is 4.74. The second-order valence-electron chi connectivity index (χ2n) is 4.36. The second kappa shape index (κ2) is 6.05. The summed E-state index contributed by atoms with van der Waals surface area (Å²) in [5.74, 6) is 0.857. The third kappa shape index (κ3) is 3.34. The van der Waals surface area contributed by atoms with Crippen molar-refractivity contribution in [3.63, 3.8) is 0 Å². The minimum atomic E-state index is 0.0669. The molecule has 0 N–H and O–H groups in total. The molecule has 16 heavy (non-hydrogen) atoms. The molecule has 1 rings (SSSR count). The van der Waals surface area contributed by atoms with Gasteiger partial charge in [0.2, 0.25) is 0 Å². The largest absolute Gasteiger partial charge is 0.300 e. The molecule has 1 atom stereocenters. The van der Waals surface area contributed by atoms with E-state index in [1.54, 1.807) is 6.92 Å². The molecule has 0 bridgehead atoms. The molecule has 0 saturated carbocycles. The Kier molecular flexibility index (Phi) is 5.01. The van der Waals surface area contributed by atoms with Crippen LogP contribution in [0.3, 0.4) is 0 Å². The molecule has 0 aromatic heterocycles. The summed E-state index contributed by atoms with van der Waals surface area (Å²) >= 11 is 5.73. The Morgan fingerprint density at radius 1 is 1.31 bits per heavy atom. The number of hydrogen-bond donors (Lipinski definition) is 0. The Morgan fingerprint density at radius 2 is 1.88 bits per heavy atom. The molecule has 0 fully saturated rings. The summed E-state index contributed by atoms with van der Waals surface area (Å²) in [6, 6.07) is 6.25. The van der Waals surface area contributed by atoms with E-state index in [2.05, 4.69) is 32.0 Å². The summed E-state index contributed by atoms with van der Waals surface area (Å²) in [5, 5.41) is 0. The van der Waals surface area contributed by atoms with Crippen LogP contribution in [-0.2, 0) is 11.2 Å². The quantitative estimate of drug-likeness (QED) is 0.716. The molecule has 2 heteroatoms. The first-order valence-corrected chi connectivity index (χ1v) is 6.21. The fraction of sp³-hybridized carbons (Fsp3) is 0.500. The van der Waals surface area contributed by atoms with Gasteiger partial charge in [0.25, 0.3) is 0 Å². The molecule has 0 heterocycles. The fourth-order valence-corrected chi connectivity index (χ4v) is 2.26. The van der Waals surface area contributed by atoms with E-state index in [-0.39, 0.29) is 11.7 Å². The zero-order valence-corrected chi connectivity index (χ0v) is 11.0. The van der Waals surface area contributed by atoms with Crippen molar-refractivity contribution in [3.05, 3.63) is 34.9 Å². The van der Waals surface area contributed by atoms with Gasteiger partial charge in [0.1, 0.15) is 5.78 Å². The van der Waals surface area contributed by atoms with Crippen molar-refractivity contribution >= 4 is 17.4 Å². The highest BCUT2D eigenvalue weighted by Gasteiger charge is 2.16. The Bertz CT molecular complexity index is 351. The van der Waals surface area contributed by atoms with E-state index in [9.17, 15) is 4.79 Å². The summed E-state index contributed by atoms with van der Waals surface area (Å²) < 4.78 is 0. The van der Waals surface area contributed by atoms with E-state index in [1.165, 1.54) is 16.7 Å². The minimum absolute atomic E-state index is 0.0669. The monoisotopic (exact) mass is 238 g/mol. The number of benzene rings is 1. The van der Waals surface area contributed by atoms with Crippen molar-refractivity contribution in [2.24, 2.45) is 5.92 Å². The van der Waals surface area contributed by atoms with Crippen molar-refractivity contribution in [2.75, 3.05) is 5.88 Å². The molecule has 0 aliphatic rings. The summed E-state index contributed by atoms with van der Waals surface area (Å²) in [4.78, 5) is 11.5. The molecule has 0 aliphatic heterocycles. The van der Waals surface area contributed by atoms with Crippen LogP contribution in [0.2, 0.25) is 0 Å². The Balaban J connectivity index is 2.89. The van der Waals surface area contributed by atoms with Crippen molar-refractivity contribution in [1.82, 2.24) is 0 Å². The van der Waals surface area contributed by atoms with Gasteiger partial charge in [0.05, 0.1) is 0 Å². The third-order valence-electron chi connectivity index (χ3n) is 3.13. The third-order valence-corrected chi connectivity index (χ3v) is 3.35. The number of aryl methyl sites for hydroxylation is 2. The van der Waals surface area contributed by atoms with E-state index in [1.807, 2.05) is 0 Å². The van der Waals surface area contributed by atoms with Crippen molar-refractivity contribution in [1.29, 1.82) is 0 Å². The van der Waals surface area contributed by atoms with Crippen molar-refractivity contribution in [2.45, 2.75) is 33.6 Å². The number of rotatable bonds is 5. The predicted molar refractivity (Wildman–Crippen MR) is 69.1 cm³/mol. The Hall–Kier alpha value is -0.820. The molecule has 0 spiro atoms. The summed E-state index contributed by atoms with van der Waals surface area (Å²) in [6.07, 6.45) is 1.59. The standard InChI is InChI=1S/C14H19ClO/c1-10-5-4-6-11(2)14(10)9-13(7-8-15)12(3)16/h4-6,13H,7-9H2,1-3H3. The van der Waals surface area contributed by atoms with Gasteiger partial charge in [0, 0.05) is 11.8 Å². The molecule has 0 aliphatic carbocycles. The van der Waals surface area contributed by atoms with Gasteiger partial charge < -0.3 is 0 Å². The maximum Gasteiger partial charge on any atom is 0.133 e. The lowest BCUT2D eigenvalue weighted by Gasteiger charge is -2.16. The SMILES string of the molecule is CC(=O)C(CCCl)Cc1c(C)cccc1C. The molecular formula is C14H19ClO. The van der Waals surface area contributed by atoms with Gasteiger partial charge in [-0.1, -0.05) is 18.2 Å². The van der Waals surface area contributed by atoms with E-state index in [4.69, 9.17) is 11.6 Å². The van der Waals surface area contributed by atoms with Crippen LogP contribution < -0.4 is 0 Å². The first kappa shape index (κ1) is 13.2. The first-order chi connectivity index (χ1) is 7.56. The number of carbonyl (C=O) groups is 1. The van der Waals surface area contributed by atoms with Crippen LogP contribution in [0, 0.1) is 19.8 Å². The van der Waals surface area contributed by atoms with E-state index < -0.39 is 0 Å². The van der Waals surface area contributed by atoms with Crippen LogP contribution in [0.5, 0.6) is 0 Å². The van der Waals surface area contributed by atoms with Gasteiger partial charge in [-0.2, -0.15) is 0 Å². The number of ketones is 1. The maximum atomic E-state index is 11.5. The van der Waals surface area contributed by atoms with Crippen LogP contribution in [0.15, 0.2) is 18.2 Å². The van der Waals surface area contributed by atoms with Gasteiger partial charge in [-0.15, -0.1) is 11.6 Å². The molecule has 1 nitrogen and oxygen atoms in total. The predicted octanol–water partition coefficient (Wildman–Crippen LogP) is 3.68. The average molecular weight is 239 g/mol. The molecule has 1 aromatic rings. The number of hydrogen-bond acceptors (Lipinski definition) is 1. The zero-order chi connectivity index (χ0) is 12.1. The normalized spacial score (nSPS) is 12.5. The van der Waals surface area contributed by atoms with Crippen molar-refractivity contribution in [3.8, 4) is 0 Å². The maximum absolute atomic E-state index is 11.5. The summed E-state index contributed by atoms with van der Waals surface area (Å²) in [7, 11) is 0. The molecule has 1 unspecified atom stereocenters.